The molecule has 2 heterocycles. The van der Waals surface area contributed by atoms with Gasteiger partial charge < -0.3 is 15.1 Å². The van der Waals surface area contributed by atoms with E-state index >= 15 is 0 Å². The molecule has 0 saturated heterocycles. The molecule has 1 amide bonds. The third kappa shape index (κ3) is 5.33. The molecule has 0 spiro atoms. The van der Waals surface area contributed by atoms with Gasteiger partial charge in [0.25, 0.3) is 0 Å². The van der Waals surface area contributed by atoms with Crippen LogP contribution in [0.3, 0.4) is 0 Å². The van der Waals surface area contributed by atoms with Crippen LogP contribution in [0.2, 0.25) is 0 Å². The van der Waals surface area contributed by atoms with Crippen LogP contribution in [0.25, 0.3) is 0 Å². The van der Waals surface area contributed by atoms with Gasteiger partial charge in [-0.3, -0.25) is 4.79 Å². The second-order valence-electron chi connectivity index (χ2n) is 5.31. The number of hydrogen-bond donors (Lipinski definition) is 2. The molecule has 130 valence electrons. The summed E-state index contributed by atoms with van der Waals surface area (Å²) in [4.78, 5) is 12.0. The highest BCUT2D eigenvalue weighted by Crippen LogP contribution is 2.25. The molecule has 1 atom stereocenters. The maximum Gasteiger partial charge on any atom is 0.231 e. The van der Waals surface area contributed by atoms with E-state index < -0.39 is 0 Å². The van der Waals surface area contributed by atoms with E-state index in [1.54, 1.807) is 12.3 Å². The molecular weight excluding hydrogens is 356 g/mol. The average Bonchev–Trinajstić information content (AvgIpc) is 3.31. The maximum atomic E-state index is 12.0. The Hall–Kier alpha value is -2.32. The van der Waals surface area contributed by atoms with Crippen molar-refractivity contribution < 1.29 is 9.21 Å². The van der Waals surface area contributed by atoms with Gasteiger partial charge in [0, 0.05) is 6.54 Å². The van der Waals surface area contributed by atoms with Crippen LogP contribution in [0, 0.1) is 0 Å². The SMILES string of the molecule is C[C@@H](NC(=O)CSc1nnc(NCc2ccccc2)s1)c1ccco1. The van der Waals surface area contributed by atoms with E-state index in [4.69, 9.17) is 4.42 Å². The monoisotopic (exact) mass is 374 g/mol. The maximum absolute atomic E-state index is 12.0. The van der Waals surface area contributed by atoms with E-state index in [0.717, 1.165) is 15.2 Å². The molecule has 2 N–H and O–H groups in total. The van der Waals surface area contributed by atoms with Crippen LogP contribution >= 0.6 is 23.1 Å². The molecule has 0 fully saturated rings. The molecule has 0 radical (unpaired) electrons. The van der Waals surface area contributed by atoms with Crippen molar-refractivity contribution in [1.29, 1.82) is 0 Å². The first-order chi connectivity index (χ1) is 12.2. The van der Waals surface area contributed by atoms with Gasteiger partial charge in [-0.1, -0.05) is 53.4 Å². The Balaban J connectivity index is 1.43. The Kier molecular flexibility index (Phi) is 6.08. The van der Waals surface area contributed by atoms with Crippen molar-refractivity contribution in [2.45, 2.75) is 23.8 Å². The van der Waals surface area contributed by atoms with E-state index in [-0.39, 0.29) is 11.9 Å². The summed E-state index contributed by atoms with van der Waals surface area (Å²) in [6, 6.07) is 13.6. The first kappa shape index (κ1) is 17.5. The largest absolute Gasteiger partial charge is 0.467 e. The zero-order valence-corrected chi connectivity index (χ0v) is 15.3. The van der Waals surface area contributed by atoms with Gasteiger partial charge >= 0.3 is 0 Å². The van der Waals surface area contributed by atoms with Crippen LogP contribution < -0.4 is 10.6 Å². The normalized spacial score (nSPS) is 11.9. The van der Waals surface area contributed by atoms with E-state index in [2.05, 4.69) is 20.8 Å². The fourth-order valence-corrected chi connectivity index (χ4v) is 3.69. The summed E-state index contributed by atoms with van der Waals surface area (Å²) in [5, 5.41) is 15.1. The summed E-state index contributed by atoms with van der Waals surface area (Å²) in [6.45, 7) is 2.58. The smallest absolute Gasteiger partial charge is 0.231 e. The van der Waals surface area contributed by atoms with Gasteiger partial charge in [0.2, 0.25) is 11.0 Å². The summed E-state index contributed by atoms with van der Waals surface area (Å²) < 4.78 is 6.04. The molecule has 0 aliphatic carbocycles. The van der Waals surface area contributed by atoms with Crippen LogP contribution in [0.4, 0.5) is 5.13 Å². The fraction of sp³-hybridized carbons (Fsp3) is 0.235. The summed E-state index contributed by atoms with van der Waals surface area (Å²) in [5.74, 6) is 0.961. The number of carbonyl (C=O) groups excluding carboxylic acids is 1. The van der Waals surface area contributed by atoms with E-state index in [0.29, 0.717) is 12.3 Å². The van der Waals surface area contributed by atoms with E-state index in [1.165, 1.54) is 28.7 Å². The summed E-state index contributed by atoms with van der Waals surface area (Å²) in [5.41, 5.74) is 1.18. The molecule has 0 saturated carbocycles. The standard InChI is InChI=1S/C17H18N4O2S2/c1-12(14-8-5-9-23-14)19-15(22)11-24-17-21-20-16(25-17)18-10-13-6-3-2-4-7-13/h2-9,12H,10-11H2,1H3,(H,18,20)(H,19,22)/t12-/m1/s1. The van der Waals surface area contributed by atoms with Gasteiger partial charge in [-0.15, -0.1) is 10.2 Å². The number of furan rings is 1. The predicted octanol–water partition coefficient (Wildman–Crippen LogP) is 3.71. The number of nitrogens with one attached hydrogen (secondary N) is 2. The number of anilines is 1. The zero-order chi connectivity index (χ0) is 17.5. The Morgan fingerprint density at radius 2 is 2.08 bits per heavy atom. The number of carbonyl (C=O) groups is 1. The number of rotatable bonds is 8. The Morgan fingerprint density at radius 3 is 2.84 bits per heavy atom. The van der Waals surface area contributed by atoms with Gasteiger partial charge in [0.15, 0.2) is 4.34 Å². The summed E-state index contributed by atoms with van der Waals surface area (Å²) >= 11 is 2.81. The summed E-state index contributed by atoms with van der Waals surface area (Å²) in [7, 11) is 0. The number of nitrogens with zero attached hydrogens (tertiary/aromatic N) is 2. The number of thioether (sulfide) groups is 1. The van der Waals surface area contributed by atoms with Crippen LogP contribution in [0.15, 0.2) is 57.5 Å². The molecule has 0 aliphatic rings. The van der Waals surface area contributed by atoms with Crippen LogP contribution in [-0.2, 0) is 11.3 Å². The molecular formula is C17H18N4O2S2. The third-order valence-corrected chi connectivity index (χ3v) is 5.38. The molecule has 0 unspecified atom stereocenters. The lowest BCUT2D eigenvalue weighted by atomic mass is 10.2. The van der Waals surface area contributed by atoms with Crippen molar-refractivity contribution >= 4 is 34.1 Å². The molecule has 8 heteroatoms. The summed E-state index contributed by atoms with van der Waals surface area (Å²) in [6.07, 6.45) is 1.60. The highest BCUT2D eigenvalue weighted by Gasteiger charge is 2.13. The molecule has 3 rings (SSSR count). The van der Waals surface area contributed by atoms with Crippen molar-refractivity contribution in [1.82, 2.24) is 15.5 Å². The first-order valence-corrected chi connectivity index (χ1v) is 9.58. The molecule has 0 bridgehead atoms. The van der Waals surface area contributed by atoms with Crippen LogP contribution in [0.5, 0.6) is 0 Å². The highest BCUT2D eigenvalue weighted by atomic mass is 32.2. The number of hydrogen-bond acceptors (Lipinski definition) is 7. The minimum atomic E-state index is -0.152. The fourth-order valence-electron chi connectivity index (χ4n) is 2.13. The predicted molar refractivity (Wildman–Crippen MR) is 99.7 cm³/mol. The number of benzene rings is 1. The Morgan fingerprint density at radius 1 is 1.24 bits per heavy atom. The quantitative estimate of drug-likeness (QED) is 0.585. The second-order valence-corrected chi connectivity index (χ2v) is 7.51. The second kappa shape index (κ2) is 8.68. The van der Waals surface area contributed by atoms with Crippen molar-refractivity contribution in [3.63, 3.8) is 0 Å². The zero-order valence-electron chi connectivity index (χ0n) is 13.6. The lowest BCUT2D eigenvalue weighted by Gasteiger charge is -2.10. The van der Waals surface area contributed by atoms with E-state index in [1.807, 2.05) is 43.3 Å². The lowest BCUT2D eigenvalue weighted by molar-refractivity contribution is -0.119. The van der Waals surface area contributed by atoms with Crippen molar-refractivity contribution in [3.8, 4) is 0 Å². The molecule has 25 heavy (non-hydrogen) atoms. The Bertz CT molecular complexity index is 790. The lowest BCUT2D eigenvalue weighted by Crippen LogP contribution is -2.27. The first-order valence-electron chi connectivity index (χ1n) is 7.77. The third-order valence-electron chi connectivity index (χ3n) is 3.37. The van der Waals surface area contributed by atoms with Gasteiger partial charge in [-0.2, -0.15) is 0 Å². The van der Waals surface area contributed by atoms with Gasteiger partial charge in [0.05, 0.1) is 18.1 Å². The number of amides is 1. The van der Waals surface area contributed by atoms with Crippen molar-refractivity contribution in [3.05, 3.63) is 60.1 Å². The van der Waals surface area contributed by atoms with Gasteiger partial charge in [0.1, 0.15) is 5.76 Å². The highest BCUT2D eigenvalue weighted by molar-refractivity contribution is 8.01. The molecule has 2 aromatic heterocycles. The topological polar surface area (TPSA) is 80.0 Å². The van der Waals surface area contributed by atoms with Gasteiger partial charge in [-0.25, -0.2) is 0 Å². The molecule has 6 nitrogen and oxygen atoms in total. The molecule has 0 aliphatic heterocycles. The minimum absolute atomic E-state index is 0.0668. The average molecular weight is 374 g/mol. The molecule has 3 aromatic rings. The van der Waals surface area contributed by atoms with Crippen molar-refractivity contribution in [2.24, 2.45) is 0 Å². The van der Waals surface area contributed by atoms with E-state index in [9.17, 15) is 4.79 Å². The van der Waals surface area contributed by atoms with Crippen LogP contribution in [-0.4, -0.2) is 21.9 Å². The van der Waals surface area contributed by atoms with Crippen LogP contribution in [0.1, 0.15) is 24.3 Å². The van der Waals surface area contributed by atoms with Gasteiger partial charge in [-0.05, 0) is 24.6 Å². The number of aromatic nitrogens is 2. The molecule has 1 aromatic carbocycles. The van der Waals surface area contributed by atoms with Crippen molar-refractivity contribution in [2.75, 3.05) is 11.1 Å². The Labute approximate surface area is 154 Å². The minimum Gasteiger partial charge on any atom is -0.467 e.